The van der Waals surface area contributed by atoms with E-state index in [1.165, 1.54) is 11.1 Å². The number of rotatable bonds is 3. The van der Waals surface area contributed by atoms with Gasteiger partial charge in [0.15, 0.2) is 0 Å². The molecule has 2 N–H and O–H groups in total. The van der Waals surface area contributed by atoms with Gasteiger partial charge in [0.2, 0.25) is 0 Å². The molecule has 0 radical (unpaired) electrons. The Balaban J connectivity index is 2.01. The molecule has 3 rings (SSSR count). The van der Waals surface area contributed by atoms with Crippen LogP contribution in [0.25, 0.3) is 11.3 Å². The van der Waals surface area contributed by atoms with E-state index in [-0.39, 0.29) is 6.10 Å². The third-order valence-electron chi connectivity index (χ3n) is 3.43. The van der Waals surface area contributed by atoms with Gasteiger partial charge in [0, 0.05) is 17.7 Å². The van der Waals surface area contributed by atoms with Crippen LogP contribution in [0.2, 0.25) is 0 Å². The predicted octanol–water partition coefficient (Wildman–Crippen LogP) is 2.03. The summed E-state index contributed by atoms with van der Waals surface area (Å²) in [4.78, 5) is 8.74. The summed E-state index contributed by atoms with van der Waals surface area (Å²) in [5, 5.41) is 12.6. The molecule has 4 heteroatoms. The highest BCUT2D eigenvalue weighted by Gasteiger charge is 2.20. The molecule has 0 saturated carbocycles. The van der Waals surface area contributed by atoms with E-state index < -0.39 is 0 Å². The molecule has 0 amide bonds. The smallest absolute Gasteiger partial charge is 0.133 e. The van der Waals surface area contributed by atoms with Gasteiger partial charge in [-0.05, 0) is 25.3 Å². The number of aromatic nitrogens is 2. The first kappa shape index (κ1) is 12.1. The average Bonchev–Trinajstić information content (AvgIpc) is 2.44. The largest absolute Gasteiger partial charge is 0.392 e. The van der Waals surface area contributed by atoms with Gasteiger partial charge in [0.1, 0.15) is 12.1 Å². The number of hydrogen-bond donors (Lipinski definition) is 2. The first-order valence-corrected chi connectivity index (χ1v) is 6.60. The minimum Gasteiger partial charge on any atom is -0.392 e. The molecule has 0 bridgehead atoms. The first-order chi connectivity index (χ1) is 9.25. The number of benzene rings is 1. The van der Waals surface area contributed by atoms with Crippen LogP contribution in [0.5, 0.6) is 0 Å². The summed E-state index contributed by atoms with van der Waals surface area (Å²) >= 11 is 0. The van der Waals surface area contributed by atoms with Crippen LogP contribution < -0.4 is 5.32 Å². The van der Waals surface area contributed by atoms with Crippen LogP contribution in [0.1, 0.15) is 18.1 Å². The normalized spacial score (nSPS) is 14.4. The molecule has 1 unspecified atom stereocenters. The molecule has 1 aliphatic carbocycles. The van der Waals surface area contributed by atoms with E-state index in [0.717, 1.165) is 29.9 Å². The van der Waals surface area contributed by atoms with Gasteiger partial charge >= 0.3 is 0 Å². The highest BCUT2D eigenvalue weighted by molar-refractivity contribution is 5.73. The van der Waals surface area contributed by atoms with Crippen LogP contribution in [-0.4, -0.2) is 27.7 Å². The van der Waals surface area contributed by atoms with Crippen molar-refractivity contribution in [3.63, 3.8) is 0 Å². The molecule has 1 aromatic heterocycles. The highest BCUT2D eigenvalue weighted by Crippen LogP contribution is 2.34. The zero-order valence-electron chi connectivity index (χ0n) is 10.9. The van der Waals surface area contributed by atoms with Crippen molar-refractivity contribution < 1.29 is 5.11 Å². The number of aliphatic hydroxyl groups is 1. The summed E-state index contributed by atoms with van der Waals surface area (Å²) in [7, 11) is 0. The van der Waals surface area contributed by atoms with Gasteiger partial charge in [-0.1, -0.05) is 24.3 Å². The third-order valence-corrected chi connectivity index (χ3v) is 3.43. The number of aryl methyl sites for hydroxylation is 1. The molecule has 98 valence electrons. The Hall–Kier alpha value is -1.94. The molecule has 19 heavy (non-hydrogen) atoms. The summed E-state index contributed by atoms with van der Waals surface area (Å²) in [6.07, 6.45) is 3.15. The first-order valence-electron chi connectivity index (χ1n) is 6.60. The highest BCUT2D eigenvalue weighted by atomic mass is 16.3. The van der Waals surface area contributed by atoms with E-state index in [9.17, 15) is 5.11 Å². The fourth-order valence-electron chi connectivity index (χ4n) is 2.51. The van der Waals surface area contributed by atoms with Gasteiger partial charge in [-0.15, -0.1) is 0 Å². The lowest BCUT2D eigenvalue weighted by Crippen LogP contribution is -2.18. The Morgan fingerprint density at radius 1 is 1.26 bits per heavy atom. The van der Waals surface area contributed by atoms with E-state index in [0.29, 0.717) is 6.54 Å². The monoisotopic (exact) mass is 255 g/mol. The molecule has 0 fully saturated rings. The van der Waals surface area contributed by atoms with Gasteiger partial charge in [-0.2, -0.15) is 0 Å². The number of anilines is 1. The zero-order chi connectivity index (χ0) is 13.2. The van der Waals surface area contributed by atoms with Crippen molar-refractivity contribution in [2.45, 2.75) is 25.9 Å². The number of nitrogens with zero attached hydrogens (tertiary/aromatic N) is 2. The van der Waals surface area contributed by atoms with Gasteiger partial charge in [-0.3, -0.25) is 0 Å². The topological polar surface area (TPSA) is 58.0 Å². The quantitative estimate of drug-likeness (QED) is 0.881. The zero-order valence-corrected chi connectivity index (χ0v) is 10.9. The van der Waals surface area contributed by atoms with E-state index >= 15 is 0 Å². The summed E-state index contributed by atoms with van der Waals surface area (Å²) in [6.45, 7) is 2.26. The lowest BCUT2D eigenvalue weighted by molar-refractivity contribution is 0.208. The molecule has 0 spiro atoms. The third kappa shape index (κ3) is 2.31. The van der Waals surface area contributed by atoms with Crippen molar-refractivity contribution in [2.75, 3.05) is 11.9 Å². The molecular weight excluding hydrogens is 238 g/mol. The minimum atomic E-state index is -0.388. The molecule has 1 atom stereocenters. The van der Waals surface area contributed by atoms with Crippen molar-refractivity contribution in [1.29, 1.82) is 0 Å². The summed E-state index contributed by atoms with van der Waals surface area (Å²) in [5.41, 5.74) is 4.72. The molecule has 1 heterocycles. The predicted molar refractivity (Wildman–Crippen MR) is 75.0 cm³/mol. The summed E-state index contributed by atoms with van der Waals surface area (Å²) in [6, 6.07) is 8.37. The van der Waals surface area contributed by atoms with E-state index in [2.05, 4.69) is 33.5 Å². The maximum absolute atomic E-state index is 9.37. The van der Waals surface area contributed by atoms with Crippen molar-refractivity contribution in [3.05, 3.63) is 41.7 Å². The van der Waals surface area contributed by atoms with Crippen LogP contribution in [0.4, 0.5) is 5.82 Å². The van der Waals surface area contributed by atoms with E-state index in [4.69, 9.17) is 0 Å². The maximum Gasteiger partial charge on any atom is 0.133 e. The van der Waals surface area contributed by atoms with E-state index in [1.807, 2.05) is 6.07 Å². The van der Waals surface area contributed by atoms with Gasteiger partial charge in [0.25, 0.3) is 0 Å². The van der Waals surface area contributed by atoms with Gasteiger partial charge in [-0.25, -0.2) is 9.97 Å². The minimum absolute atomic E-state index is 0.388. The van der Waals surface area contributed by atoms with Crippen LogP contribution in [0.15, 0.2) is 30.6 Å². The SMILES string of the molecule is CC(O)CNc1ncnc2c1CCc1ccccc1-2. The Morgan fingerprint density at radius 3 is 2.95 bits per heavy atom. The molecule has 1 aromatic carbocycles. The molecule has 0 saturated heterocycles. The Labute approximate surface area is 112 Å². The lowest BCUT2D eigenvalue weighted by Gasteiger charge is -2.21. The van der Waals surface area contributed by atoms with Crippen LogP contribution in [0.3, 0.4) is 0 Å². The molecular formula is C15H17N3O. The maximum atomic E-state index is 9.37. The van der Waals surface area contributed by atoms with Crippen molar-refractivity contribution in [1.82, 2.24) is 9.97 Å². The summed E-state index contributed by atoms with van der Waals surface area (Å²) in [5.74, 6) is 0.848. The second kappa shape index (κ2) is 4.97. The molecule has 1 aliphatic rings. The lowest BCUT2D eigenvalue weighted by atomic mass is 9.89. The van der Waals surface area contributed by atoms with Gasteiger partial charge in [0.05, 0.1) is 11.8 Å². The molecule has 0 aliphatic heterocycles. The summed E-state index contributed by atoms with van der Waals surface area (Å²) < 4.78 is 0. The van der Waals surface area contributed by atoms with Crippen molar-refractivity contribution >= 4 is 5.82 Å². The number of hydrogen-bond acceptors (Lipinski definition) is 4. The van der Waals surface area contributed by atoms with Crippen molar-refractivity contribution in [3.8, 4) is 11.3 Å². The second-order valence-corrected chi connectivity index (χ2v) is 4.94. The van der Waals surface area contributed by atoms with Crippen LogP contribution >= 0.6 is 0 Å². The van der Waals surface area contributed by atoms with Crippen molar-refractivity contribution in [2.24, 2.45) is 0 Å². The van der Waals surface area contributed by atoms with Crippen LogP contribution in [0, 0.1) is 0 Å². The van der Waals surface area contributed by atoms with E-state index in [1.54, 1.807) is 13.3 Å². The Bertz CT molecular complexity index is 596. The Kier molecular flexibility index (Phi) is 3.17. The number of nitrogens with one attached hydrogen (secondary N) is 1. The number of aliphatic hydroxyl groups excluding tert-OH is 1. The second-order valence-electron chi connectivity index (χ2n) is 4.94. The fraction of sp³-hybridized carbons (Fsp3) is 0.333. The number of fused-ring (bicyclic) bond motifs is 3. The molecule has 4 nitrogen and oxygen atoms in total. The average molecular weight is 255 g/mol. The fourth-order valence-corrected chi connectivity index (χ4v) is 2.51. The van der Waals surface area contributed by atoms with Crippen LogP contribution in [-0.2, 0) is 12.8 Å². The van der Waals surface area contributed by atoms with Gasteiger partial charge < -0.3 is 10.4 Å². The standard InChI is InChI=1S/C15H17N3O/c1-10(19)8-16-15-13-7-6-11-4-2-3-5-12(11)14(13)17-9-18-15/h2-5,9-10,19H,6-8H2,1H3,(H,16,17,18). The molecule has 2 aromatic rings. The Morgan fingerprint density at radius 2 is 2.11 bits per heavy atom.